The molecule has 130 heavy (non-hydrogen) atoms. The Labute approximate surface area is 788 Å². The van der Waals surface area contributed by atoms with Crippen LogP contribution < -0.4 is 61.6 Å². The molecule has 0 radical (unpaired) electrons. The summed E-state index contributed by atoms with van der Waals surface area (Å²) in [5, 5.41) is 31.3. The van der Waals surface area contributed by atoms with Gasteiger partial charge in [-0.3, -0.25) is 9.59 Å². The molecule has 18 nitrogen and oxygen atoms in total. The number of aliphatic hydroxyl groups is 2. The van der Waals surface area contributed by atoms with Gasteiger partial charge in [-0.2, -0.15) is 13.2 Å². The Balaban J connectivity index is 0.000000221. The predicted molar refractivity (Wildman–Crippen MR) is 514 cm³/mol. The summed E-state index contributed by atoms with van der Waals surface area (Å²) >= 11 is 0. The third-order valence-corrected chi connectivity index (χ3v) is 23.3. The first-order valence-electron chi connectivity index (χ1n) is 44.8. The number of unbranched alkanes of at least 4 members (excludes halogenated alkanes) is 3. The van der Waals surface area contributed by atoms with Crippen molar-refractivity contribution in [3.63, 3.8) is 0 Å². The fourth-order valence-electron chi connectivity index (χ4n) is 17.5. The van der Waals surface area contributed by atoms with Crippen molar-refractivity contribution in [3.8, 4) is 0 Å². The Morgan fingerprint density at radius 3 is 0.915 bits per heavy atom. The average Bonchev–Trinajstić information content (AvgIpc) is 0.750. The molecule has 6 heterocycles. The maximum Gasteiger partial charge on any atom is 1.00 e. The summed E-state index contributed by atoms with van der Waals surface area (Å²) < 4.78 is 41.4. The third-order valence-electron chi connectivity index (χ3n) is 23.3. The number of halogens is 3. The Hall–Kier alpha value is -11.3. The summed E-state index contributed by atoms with van der Waals surface area (Å²) in [6.45, 7) is 21.5. The molecular weight excluding hydrogens is 1650 g/mol. The molecule has 17 rings (SSSR count). The quantitative estimate of drug-likeness (QED) is 0.00579. The number of carbonyl (C=O) groups is 5. The Kier molecular flexibility index (Phi) is 45.8. The largest absolute Gasteiger partial charge is 1.00 e. The first-order chi connectivity index (χ1) is 62.7. The van der Waals surface area contributed by atoms with Crippen LogP contribution in [0.3, 0.4) is 0 Å². The van der Waals surface area contributed by atoms with Crippen LogP contribution in [0.1, 0.15) is 261 Å². The summed E-state index contributed by atoms with van der Waals surface area (Å²) in [6.07, 6.45) is 8.83. The molecule has 6 aliphatic rings. The first-order valence-corrected chi connectivity index (χ1v) is 44.8. The number of Topliss-reactive ketones (excluding diaryl/α,β-unsaturated/α-hetero) is 1. The van der Waals surface area contributed by atoms with Gasteiger partial charge in [0, 0.05) is 123 Å². The Bertz CT molecular complexity index is 4990. The number of nitrogens with two attached hydrogens (primary N) is 3. The van der Waals surface area contributed by atoms with Gasteiger partial charge in [-0.05, 0) is 212 Å². The fourth-order valence-corrected chi connectivity index (χ4v) is 17.5. The molecule has 6 unspecified atom stereocenters. The van der Waals surface area contributed by atoms with Gasteiger partial charge < -0.3 is 67.6 Å². The van der Waals surface area contributed by atoms with E-state index in [-0.39, 0.29) is 59.9 Å². The Morgan fingerprint density at radius 2 is 0.692 bits per heavy atom. The van der Waals surface area contributed by atoms with E-state index in [9.17, 15) is 37.5 Å². The van der Waals surface area contributed by atoms with Crippen molar-refractivity contribution >= 4 is 58.8 Å². The number of rotatable bonds is 19. The van der Waals surface area contributed by atoms with Crippen LogP contribution in [0.4, 0.5) is 35.9 Å². The molecule has 0 spiro atoms. The van der Waals surface area contributed by atoms with E-state index in [1.807, 2.05) is 73.2 Å². The van der Waals surface area contributed by atoms with Crippen molar-refractivity contribution in [2.45, 2.75) is 153 Å². The number of hydrogen-bond acceptors (Lipinski definition) is 16. The maximum absolute atomic E-state index is 13.2. The number of anilines is 4. The van der Waals surface area contributed by atoms with Crippen LogP contribution in [0.15, 0.2) is 280 Å². The zero-order valence-corrected chi connectivity index (χ0v) is 78.2. The van der Waals surface area contributed by atoms with Crippen molar-refractivity contribution in [2.24, 2.45) is 11.6 Å². The van der Waals surface area contributed by atoms with E-state index in [1.54, 1.807) is 38.1 Å². The van der Waals surface area contributed by atoms with E-state index < -0.39 is 18.4 Å². The number of esters is 2. The fraction of sp³-hybridized carbons (Fsp3) is 0.324. The second kappa shape index (κ2) is 56.3. The van der Waals surface area contributed by atoms with Crippen molar-refractivity contribution in [1.82, 2.24) is 0 Å². The minimum atomic E-state index is -4.64. The molecule has 0 saturated heterocycles. The van der Waals surface area contributed by atoms with Gasteiger partial charge in [0.05, 0.1) is 29.9 Å². The molecule has 11 aromatic carbocycles. The molecule has 0 bridgehead atoms. The zero-order valence-electron chi connectivity index (χ0n) is 76.2. The first kappa shape index (κ1) is 106. The van der Waals surface area contributed by atoms with E-state index >= 15 is 0 Å². The smallest absolute Gasteiger partial charge is 0.488 e. The number of carboxylic acids is 1. The molecule has 0 aromatic heterocycles. The normalized spacial score (nSPS) is 16.3. The number of ether oxygens (including phenoxy) is 2. The monoisotopic (exact) mass is 1780 g/mol. The number of benzene rings is 11. The van der Waals surface area contributed by atoms with Crippen LogP contribution in [0.5, 0.6) is 0 Å². The molecule has 0 fully saturated rings. The van der Waals surface area contributed by atoms with Gasteiger partial charge in [0.2, 0.25) is 6.29 Å². The van der Waals surface area contributed by atoms with Gasteiger partial charge >= 0.3 is 53.6 Å². The van der Waals surface area contributed by atoms with E-state index in [2.05, 4.69) is 235 Å². The molecule has 6 aliphatic heterocycles. The number of aromatic carboxylic acids is 1. The summed E-state index contributed by atoms with van der Waals surface area (Å²) in [4.78, 5) is 65.3. The van der Waals surface area contributed by atoms with E-state index in [4.69, 9.17) is 41.2 Å². The molecule has 0 saturated carbocycles. The third kappa shape index (κ3) is 30.4. The second-order valence-corrected chi connectivity index (χ2v) is 31.6. The van der Waals surface area contributed by atoms with Gasteiger partial charge in [-0.25, -0.2) is 14.4 Å². The van der Waals surface area contributed by atoms with Crippen molar-refractivity contribution in [1.29, 1.82) is 0 Å². The summed E-state index contributed by atoms with van der Waals surface area (Å²) in [7, 11) is 1.00. The van der Waals surface area contributed by atoms with Gasteiger partial charge in [0.1, 0.15) is 0 Å². The average molecular weight is 1780 g/mol. The van der Waals surface area contributed by atoms with E-state index in [0.29, 0.717) is 71.5 Å². The van der Waals surface area contributed by atoms with Crippen LogP contribution in [0.25, 0.3) is 11.7 Å². The van der Waals surface area contributed by atoms with Crippen LogP contribution in [-0.4, -0.2) is 129 Å². The number of ketones is 1. The standard InChI is InChI=1S/C30H33NO.C27H27NO2.C25H23NO2.C9H11NO2.C8H8.C4H11N.C2HF3O.C2H6O.CH4O.H3N2O.Na/c1-2-3-6-15-29(32)24-20-27-25(22-11-7-4-8-12-22)16-18-31-19-17-26(28(21-24)30(27)31)23-13-9-5-10-14-23;1-2-30-27(29)21-17-24-22(19-9-5-3-6-10-19)13-15-28-16-14-23(25(18-21)26(24)28)20-11-7-4-8-12-20;27-25(28)19-15-22-20(17-7-3-1-4-8-17)11-13-26-14-12-21(23(16-19)24(22)26)18-9-5-2-6-10-18;1-2-12-9(11)7-3-5-8(10)6-4-7;1-2-8-6-4-3-5-7-8;1-2-3-4-5;3-2(4,5)1-6;1-2-3;1-2;1-2-3;/h4-5,7-14,20-21,25-26H,2-3,6,15-19H2,1H3;3-12,17-18,22-23H,2,13-16H2,1H3;1-10,15-16,20-21H,11-14H2,(H,27,28);3-6H,2,10H2,1H3;2-7H,1H2;2-5H2,1H3;1H;3H,2H2,1H3;2H,1H3;3H,1H2;/q;;;;;;;;;-1;+1. The number of carboxylic acid groups (broad SMARTS) is 1. The second-order valence-electron chi connectivity index (χ2n) is 31.6. The van der Waals surface area contributed by atoms with Gasteiger partial charge in [0.25, 0.3) is 0 Å². The minimum Gasteiger partial charge on any atom is -0.488 e. The Morgan fingerprint density at radius 1 is 0.438 bits per heavy atom. The predicted octanol–water partition coefficient (Wildman–Crippen LogP) is 19.8. The topological polar surface area (TPSA) is 287 Å². The number of nitrogens with zero attached hydrogens (tertiary/aromatic N) is 4. The molecule has 0 amide bonds. The minimum absolute atomic E-state index is 0. The SMILES string of the molecule is C=Cc1ccccc1.CCCCCC(=O)c1cc2c3c(c1)C(c1ccccc1)CCN3CCC2c1ccccc1.CCCCN.CCO.CCOC(=O)c1cc2c3c(c1)C(c1ccccc1)CCN3CCC2c1ccccc1.CCOC(=O)c1ccc(N)cc1.CO.N[N-]O.O=C(O)c1cc2c3c(c1)C(c1ccccc1)CCN3CCC2c1ccccc1.O=CC(F)(F)F.[Na+]. The molecule has 22 heteroatoms. The maximum atomic E-state index is 13.2. The van der Waals surface area contributed by atoms with Crippen LogP contribution in [-0.2, 0) is 14.3 Å². The van der Waals surface area contributed by atoms with Gasteiger partial charge in [0.15, 0.2) is 5.78 Å². The number of hydrogen-bond donors (Lipinski definition) is 7. The van der Waals surface area contributed by atoms with Crippen LogP contribution in [0.2, 0.25) is 0 Å². The number of aliphatic hydroxyl groups excluding tert-OH is 2. The number of aldehydes is 1. The van der Waals surface area contributed by atoms with Crippen LogP contribution in [0, 0.1) is 0 Å². The number of alkyl halides is 3. The summed E-state index contributed by atoms with van der Waals surface area (Å²) in [5.74, 6) is 4.79. The van der Waals surface area contributed by atoms with Crippen molar-refractivity contribution in [3.05, 3.63) is 380 Å². The van der Waals surface area contributed by atoms with E-state index in [1.165, 1.54) is 102 Å². The molecular formula is C108H127F3N7NaO11. The summed E-state index contributed by atoms with van der Waals surface area (Å²) in [5.41, 5.74) is 36.5. The van der Waals surface area contributed by atoms with Gasteiger partial charge in [-0.1, -0.05) is 258 Å². The van der Waals surface area contributed by atoms with E-state index in [0.717, 1.165) is 116 Å². The van der Waals surface area contributed by atoms with Gasteiger partial charge in [-0.15, -0.1) is 0 Å². The molecule has 0 aliphatic carbocycles. The zero-order chi connectivity index (χ0) is 93.0. The molecule has 682 valence electrons. The van der Waals surface area contributed by atoms with Crippen molar-refractivity contribution in [2.75, 3.05) is 93.2 Å². The molecule has 6 atom stereocenters. The number of carbonyl (C=O) groups excluding carboxylic acids is 4. The van der Waals surface area contributed by atoms with Crippen LogP contribution >= 0.6 is 0 Å². The molecule has 10 N–H and O–H groups in total. The molecule has 11 aromatic rings. The van der Waals surface area contributed by atoms with Crippen molar-refractivity contribution < 1.29 is 96.7 Å². The number of nitrogen functional groups attached to an aromatic ring is 1. The summed E-state index contributed by atoms with van der Waals surface area (Å²) in [6, 6.07) is 93.3.